The number of hydrogen-bond donors (Lipinski definition) is 3. The fourth-order valence-electron chi connectivity index (χ4n) is 2.90. The van der Waals surface area contributed by atoms with E-state index < -0.39 is 0 Å². The molecule has 0 radical (unpaired) electrons. The summed E-state index contributed by atoms with van der Waals surface area (Å²) in [4.78, 5) is 12.5. The molecule has 3 N–H and O–H groups in total. The number of amides is 1. The molecule has 4 heterocycles. The van der Waals surface area contributed by atoms with Gasteiger partial charge in [0.1, 0.15) is 0 Å². The predicted molar refractivity (Wildman–Crippen MR) is 97.4 cm³/mol. The minimum atomic E-state index is -0.274. The molecule has 8 nitrogen and oxygen atoms in total. The summed E-state index contributed by atoms with van der Waals surface area (Å²) in [5.74, 6) is 0.489. The normalized spacial score (nSPS) is 14.1. The first-order valence-corrected chi connectivity index (χ1v) is 7.61. The Morgan fingerprint density at radius 1 is 1.32 bits per heavy atom. The zero-order chi connectivity index (χ0) is 15.8. The number of aromatic amines is 1. The summed E-state index contributed by atoms with van der Waals surface area (Å²) in [6, 6.07) is 5.41. The molecule has 0 saturated carbocycles. The molecule has 0 saturated heterocycles. The van der Waals surface area contributed by atoms with Crippen molar-refractivity contribution in [3.05, 3.63) is 47.2 Å². The van der Waals surface area contributed by atoms with Crippen molar-refractivity contribution in [1.29, 1.82) is 0 Å². The molecule has 4 rings (SSSR count). The summed E-state index contributed by atoms with van der Waals surface area (Å²) in [6.45, 7) is 3.45. The van der Waals surface area contributed by atoms with Crippen molar-refractivity contribution in [3.63, 3.8) is 0 Å². The second kappa shape index (κ2) is 7.81. The molecule has 1 aliphatic heterocycles. The highest BCUT2D eigenvalue weighted by Crippen LogP contribution is 2.17. The Balaban J connectivity index is 0.00000113. The Morgan fingerprint density at radius 3 is 3.00 bits per heavy atom. The van der Waals surface area contributed by atoms with Crippen LogP contribution in [0.5, 0.6) is 0 Å². The number of carbonyl (C=O) groups excluding carboxylic acids is 1. The number of nitrogens with zero attached hydrogens (tertiary/aromatic N) is 4. The molecule has 1 amide bonds. The third kappa shape index (κ3) is 3.46. The molecular formula is C15H19Cl2N7O. The van der Waals surface area contributed by atoms with Gasteiger partial charge in [0.15, 0.2) is 17.2 Å². The number of nitrogens with one attached hydrogen (secondary N) is 3. The Hall–Kier alpha value is -2.16. The van der Waals surface area contributed by atoms with Crippen molar-refractivity contribution in [2.75, 3.05) is 6.54 Å². The molecule has 25 heavy (non-hydrogen) atoms. The summed E-state index contributed by atoms with van der Waals surface area (Å²) in [5, 5.41) is 21.6. The highest BCUT2D eigenvalue weighted by molar-refractivity contribution is 5.94. The summed E-state index contributed by atoms with van der Waals surface area (Å²) >= 11 is 0. The van der Waals surface area contributed by atoms with E-state index in [0.717, 1.165) is 29.9 Å². The molecule has 1 aliphatic rings. The fraction of sp³-hybridized carbons (Fsp3) is 0.333. The minimum absolute atomic E-state index is 0. The maximum atomic E-state index is 12.5. The van der Waals surface area contributed by atoms with E-state index in [1.54, 1.807) is 0 Å². The van der Waals surface area contributed by atoms with Crippen LogP contribution in [0.2, 0.25) is 0 Å². The zero-order valence-electron chi connectivity index (χ0n) is 13.5. The Morgan fingerprint density at radius 2 is 2.16 bits per heavy atom. The molecule has 3 aromatic heterocycles. The molecule has 0 aromatic carbocycles. The van der Waals surface area contributed by atoms with Crippen LogP contribution in [0.25, 0.3) is 5.65 Å². The Labute approximate surface area is 156 Å². The van der Waals surface area contributed by atoms with E-state index in [0.29, 0.717) is 18.1 Å². The lowest BCUT2D eigenvalue weighted by atomic mass is 10.1. The van der Waals surface area contributed by atoms with Gasteiger partial charge < -0.3 is 10.6 Å². The first kappa shape index (κ1) is 19.2. The standard InChI is InChI=1S/C15H17N7O.2ClH/c1-9(14-21-19-12-4-2-3-7-22(12)14)17-15(23)13-10-8-16-6-5-11(10)18-20-13;;/h2-4,7,9,16H,5-6,8H2,1H3,(H,17,23)(H,18,20);2*1H. The second-order valence-corrected chi connectivity index (χ2v) is 5.64. The van der Waals surface area contributed by atoms with Crippen molar-refractivity contribution in [3.8, 4) is 0 Å². The van der Waals surface area contributed by atoms with E-state index >= 15 is 0 Å². The third-order valence-electron chi connectivity index (χ3n) is 4.10. The molecular weight excluding hydrogens is 365 g/mol. The SMILES string of the molecule is CC(NC(=O)c1n[nH]c2c1CNCC2)c1nnc2ccccn12.Cl.Cl. The first-order valence-electron chi connectivity index (χ1n) is 7.61. The number of carbonyl (C=O) groups is 1. The highest BCUT2D eigenvalue weighted by Gasteiger charge is 2.24. The minimum Gasteiger partial charge on any atom is -0.341 e. The molecule has 1 atom stereocenters. The average Bonchev–Trinajstić information content (AvgIpc) is 3.19. The third-order valence-corrected chi connectivity index (χ3v) is 4.10. The molecule has 1 unspecified atom stereocenters. The summed E-state index contributed by atoms with van der Waals surface area (Å²) in [6.07, 6.45) is 2.74. The first-order chi connectivity index (χ1) is 11.2. The van der Waals surface area contributed by atoms with Gasteiger partial charge in [0.05, 0.1) is 6.04 Å². The van der Waals surface area contributed by atoms with Gasteiger partial charge in [-0.05, 0) is 19.1 Å². The van der Waals surface area contributed by atoms with Gasteiger partial charge in [-0.2, -0.15) is 5.10 Å². The number of halogens is 2. The van der Waals surface area contributed by atoms with Gasteiger partial charge in [-0.1, -0.05) is 6.07 Å². The quantitative estimate of drug-likeness (QED) is 0.635. The Kier molecular flexibility index (Phi) is 5.99. The van der Waals surface area contributed by atoms with Crippen LogP contribution in [0.3, 0.4) is 0 Å². The molecule has 0 fully saturated rings. The van der Waals surface area contributed by atoms with Gasteiger partial charge in [-0.25, -0.2) is 0 Å². The van der Waals surface area contributed by atoms with Gasteiger partial charge in [-0.3, -0.25) is 14.3 Å². The number of aromatic nitrogens is 5. The highest BCUT2D eigenvalue weighted by atomic mass is 35.5. The lowest BCUT2D eigenvalue weighted by Crippen LogP contribution is -2.31. The average molecular weight is 384 g/mol. The molecule has 0 aliphatic carbocycles. The van der Waals surface area contributed by atoms with E-state index in [1.165, 1.54) is 0 Å². The molecule has 3 aromatic rings. The van der Waals surface area contributed by atoms with Crippen LogP contribution < -0.4 is 10.6 Å². The number of pyridine rings is 1. The molecule has 0 bridgehead atoms. The monoisotopic (exact) mass is 383 g/mol. The van der Waals surface area contributed by atoms with Crippen LogP contribution in [-0.2, 0) is 13.0 Å². The van der Waals surface area contributed by atoms with Crippen LogP contribution in [0, 0.1) is 0 Å². The summed E-state index contributed by atoms with van der Waals surface area (Å²) in [5.41, 5.74) is 3.19. The predicted octanol–water partition coefficient (Wildman–Crippen LogP) is 1.43. The number of hydrogen-bond acceptors (Lipinski definition) is 5. The molecule has 10 heteroatoms. The van der Waals surface area contributed by atoms with Crippen LogP contribution in [0.4, 0.5) is 0 Å². The van der Waals surface area contributed by atoms with Crippen LogP contribution in [0.1, 0.15) is 40.5 Å². The van der Waals surface area contributed by atoms with E-state index in [2.05, 4.69) is 31.0 Å². The van der Waals surface area contributed by atoms with Crippen molar-refractivity contribution in [2.45, 2.75) is 25.9 Å². The summed E-state index contributed by atoms with van der Waals surface area (Å²) < 4.78 is 1.87. The van der Waals surface area contributed by atoms with Gasteiger partial charge in [0.25, 0.3) is 5.91 Å². The Bertz CT molecular complexity index is 876. The molecule has 0 spiro atoms. The summed E-state index contributed by atoms with van der Waals surface area (Å²) in [7, 11) is 0. The second-order valence-electron chi connectivity index (χ2n) is 5.64. The number of fused-ring (bicyclic) bond motifs is 2. The van der Waals surface area contributed by atoms with Gasteiger partial charge in [0, 0.05) is 37.0 Å². The van der Waals surface area contributed by atoms with Crippen molar-refractivity contribution in [1.82, 2.24) is 35.4 Å². The van der Waals surface area contributed by atoms with E-state index in [1.807, 2.05) is 35.7 Å². The van der Waals surface area contributed by atoms with Crippen molar-refractivity contribution >= 4 is 36.4 Å². The lowest BCUT2D eigenvalue weighted by Gasteiger charge is -2.14. The van der Waals surface area contributed by atoms with Crippen LogP contribution in [0.15, 0.2) is 24.4 Å². The lowest BCUT2D eigenvalue weighted by molar-refractivity contribution is 0.0932. The van der Waals surface area contributed by atoms with Crippen LogP contribution >= 0.6 is 24.8 Å². The molecule has 134 valence electrons. The largest absolute Gasteiger partial charge is 0.341 e. The van der Waals surface area contributed by atoms with E-state index in [4.69, 9.17) is 0 Å². The van der Waals surface area contributed by atoms with Crippen LogP contribution in [-0.4, -0.2) is 37.2 Å². The number of rotatable bonds is 3. The topological polar surface area (TPSA) is 100 Å². The van der Waals surface area contributed by atoms with Gasteiger partial charge in [-0.15, -0.1) is 35.0 Å². The maximum absolute atomic E-state index is 12.5. The smallest absolute Gasteiger partial charge is 0.272 e. The van der Waals surface area contributed by atoms with Crippen molar-refractivity contribution in [2.24, 2.45) is 0 Å². The van der Waals surface area contributed by atoms with Crippen molar-refractivity contribution < 1.29 is 4.79 Å². The van der Waals surface area contributed by atoms with E-state index in [9.17, 15) is 4.79 Å². The maximum Gasteiger partial charge on any atom is 0.272 e. The fourth-order valence-corrected chi connectivity index (χ4v) is 2.90. The zero-order valence-corrected chi connectivity index (χ0v) is 15.2. The van der Waals surface area contributed by atoms with Gasteiger partial charge in [0.2, 0.25) is 0 Å². The number of H-pyrrole nitrogens is 1. The van der Waals surface area contributed by atoms with Gasteiger partial charge >= 0.3 is 0 Å². The van der Waals surface area contributed by atoms with E-state index in [-0.39, 0.29) is 36.8 Å².